The molecule has 1 saturated carbocycles. The Morgan fingerprint density at radius 1 is 1.29 bits per heavy atom. The standard InChI is InChI=1S/C15H32N2/c1-5-13-6-7-14(11-16)15(10-13)17(4)9-8-12(2)3/h12-15H,5-11,16H2,1-4H3. The van der Waals surface area contributed by atoms with Gasteiger partial charge in [0.05, 0.1) is 0 Å². The first-order valence-electron chi connectivity index (χ1n) is 7.48. The molecule has 2 heteroatoms. The molecule has 2 nitrogen and oxygen atoms in total. The van der Waals surface area contributed by atoms with E-state index in [9.17, 15) is 0 Å². The maximum atomic E-state index is 5.95. The predicted molar refractivity (Wildman–Crippen MR) is 76.0 cm³/mol. The molecule has 0 saturated heterocycles. The SMILES string of the molecule is CCC1CCC(CN)C(N(C)CCC(C)C)C1. The Bertz CT molecular complexity index is 203. The molecule has 2 N–H and O–H groups in total. The Morgan fingerprint density at radius 3 is 2.53 bits per heavy atom. The molecule has 0 radical (unpaired) electrons. The van der Waals surface area contributed by atoms with Crippen LogP contribution in [0.1, 0.15) is 52.9 Å². The van der Waals surface area contributed by atoms with E-state index in [-0.39, 0.29) is 0 Å². The number of hydrogen-bond acceptors (Lipinski definition) is 2. The summed E-state index contributed by atoms with van der Waals surface area (Å²) < 4.78 is 0. The fourth-order valence-corrected chi connectivity index (χ4v) is 3.11. The zero-order chi connectivity index (χ0) is 12.8. The van der Waals surface area contributed by atoms with Crippen LogP contribution < -0.4 is 5.73 Å². The average molecular weight is 240 g/mol. The van der Waals surface area contributed by atoms with Crippen molar-refractivity contribution in [3.8, 4) is 0 Å². The molecule has 0 aromatic carbocycles. The Balaban J connectivity index is 2.49. The zero-order valence-electron chi connectivity index (χ0n) is 12.3. The zero-order valence-corrected chi connectivity index (χ0v) is 12.3. The Hall–Kier alpha value is -0.0800. The Labute approximate surface area is 108 Å². The first kappa shape index (κ1) is 15.0. The molecular weight excluding hydrogens is 208 g/mol. The van der Waals surface area contributed by atoms with Gasteiger partial charge in [-0.05, 0) is 57.2 Å². The van der Waals surface area contributed by atoms with Crippen LogP contribution in [0, 0.1) is 17.8 Å². The van der Waals surface area contributed by atoms with Crippen molar-refractivity contribution < 1.29 is 0 Å². The fourth-order valence-electron chi connectivity index (χ4n) is 3.11. The molecule has 0 aromatic rings. The highest BCUT2D eigenvalue weighted by atomic mass is 15.1. The first-order valence-corrected chi connectivity index (χ1v) is 7.48. The van der Waals surface area contributed by atoms with Crippen molar-refractivity contribution in [2.24, 2.45) is 23.5 Å². The summed E-state index contributed by atoms with van der Waals surface area (Å²) >= 11 is 0. The lowest BCUT2D eigenvalue weighted by Gasteiger charge is -2.41. The minimum absolute atomic E-state index is 0.731. The van der Waals surface area contributed by atoms with Crippen LogP contribution in [-0.2, 0) is 0 Å². The van der Waals surface area contributed by atoms with Crippen molar-refractivity contribution in [2.75, 3.05) is 20.1 Å². The highest BCUT2D eigenvalue weighted by Crippen LogP contribution is 2.33. The maximum absolute atomic E-state index is 5.95. The van der Waals surface area contributed by atoms with Gasteiger partial charge in [-0.1, -0.05) is 33.6 Å². The van der Waals surface area contributed by atoms with Gasteiger partial charge in [0.1, 0.15) is 0 Å². The van der Waals surface area contributed by atoms with Crippen LogP contribution in [0.3, 0.4) is 0 Å². The van der Waals surface area contributed by atoms with Crippen molar-refractivity contribution >= 4 is 0 Å². The molecule has 3 atom stereocenters. The van der Waals surface area contributed by atoms with Crippen LogP contribution in [0.15, 0.2) is 0 Å². The number of hydrogen-bond donors (Lipinski definition) is 1. The molecule has 1 aliphatic carbocycles. The second-order valence-electron chi connectivity index (χ2n) is 6.31. The molecule has 3 unspecified atom stereocenters. The smallest absolute Gasteiger partial charge is 0.0135 e. The maximum Gasteiger partial charge on any atom is 0.0135 e. The van der Waals surface area contributed by atoms with Gasteiger partial charge in [0, 0.05) is 6.04 Å². The summed E-state index contributed by atoms with van der Waals surface area (Å²) in [5.41, 5.74) is 5.95. The van der Waals surface area contributed by atoms with Gasteiger partial charge in [0.15, 0.2) is 0 Å². The van der Waals surface area contributed by atoms with E-state index in [0.29, 0.717) is 0 Å². The molecule has 0 spiro atoms. The second kappa shape index (κ2) is 7.38. The van der Waals surface area contributed by atoms with E-state index in [1.165, 1.54) is 38.6 Å². The van der Waals surface area contributed by atoms with Crippen molar-refractivity contribution in [3.05, 3.63) is 0 Å². The van der Waals surface area contributed by atoms with Gasteiger partial charge in [0.2, 0.25) is 0 Å². The van der Waals surface area contributed by atoms with Crippen LogP contribution in [0.2, 0.25) is 0 Å². The fraction of sp³-hybridized carbons (Fsp3) is 1.00. The van der Waals surface area contributed by atoms with E-state index in [4.69, 9.17) is 5.73 Å². The molecule has 0 heterocycles. The summed E-state index contributed by atoms with van der Waals surface area (Å²) in [5.74, 6) is 2.47. The van der Waals surface area contributed by atoms with Crippen LogP contribution >= 0.6 is 0 Å². The van der Waals surface area contributed by atoms with E-state index < -0.39 is 0 Å². The molecule has 102 valence electrons. The van der Waals surface area contributed by atoms with Crippen molar-refractivity contribution in [1.82, 2.24) is 4.90 Å². The van der Waals surface area contributed by atoms with Crippen molar-refractivity contribution in [1.29, 1.82) is 0 Å². The minimum Gasteiger partial charge on any atom is -0.330 e. The molecule has 1 aliphatic rings. The lowest BCUT2D eigenvalue weighted by atomic mass is 9.76. The van der Waals surface area contributed by atoms with Gasteiger partial charge in [0.25, 0.3) is 0 Å². The van der Waals surface area contributed by atoms with Gasteiger partial charge in [-0.2, -0.15) is 0 Å². The number of nitrogens with zero attached hydrogens (tertiary/aromatic N) is 1. The highest BCUT2D eigenvalue weighted by Gasteiger charge is 2.31. The molecule has 17 heavy (non-hydrogen) atoms. The van der Waals surface area contributed by atoms with E-state index in [2.05, 4.69) is 32.7 Å². The molecule has 0 aromatic heterocycles. The lowest BCUT2D eigenvalue weighted by Crippen LogP contribution is -2.45. The quantitative estimate of drug-likeness (QED) is 0.773. The van der Waals surface area contributed by atoms with Crippen LogP contribution in [0.4, 0.5) is 0 Å². The van der Waals surface area contributed by atoms with Crippen molar-refractivity contribution in [2.45, 2.75) is 58.9 Å². The number of nitrogens with two attached hydrogens (primary N) is 1. The molecule has 1 rings (SSSR count). The number of rotatable bonds is 6. The van der Waals surface area contributed by atoms with Crippen LogP contribution in [0.5, 0.6) is 0 Å². The van der Waals surface area contributed by atoms with Gasteiger partial charge >= 0.3 is 0 Å². The third kappa shape index (κ3) is 4.59. The minimum atomic E-state index is 0.731. The van der Waals surface area contributed by atoms with Crippen LogP contribution in [-0.4, -0.2) is 31.1 Å². The van der Waals surface area contributed by atoms with Crippen LogP contribution in [0.25, 0.3) is 0 Å². The third-order valence-corrected chi connectivity index (χ3v) is 4.57. The summed E-state index contributed by atoms with van der Waals surface area (Å²) in [6, 6.07) is 0.734. The molecular formula is C15H32N2. The lowest BCUT2D eigenvalue weighted by molar-refractivity contribution is 0.0981. The normalized spacial score (nSPS) is 30.2. The second-order valence-corrected chi connectivity index (χ2v) is 6.31. The van der Waals surface area contributed by atoms with Gasteiger partial charge < -0.3 is 10.6 Å². The van der Waals surface area contributed by atoms with E-state index in [0.717, 1.165) is 30.3 Å². The topological polar surface area (TPSA) is 29.3 Å². The molecule has 0 amide bonds. The van der Waals surface area contributed by atoms with Gasteiger partial charge in [-0.15, -0.1) is 0 Å². The third-order valence-electron chi connectivity index (χ3n) is 4.57. The van der Waals surface area contributed by atoms with E-state index in [1.54, 1.807) is 0 Å². The van der Waals surface area contributed by atoms with E-state index >= 15 is 0 Å². The van der Waals surface area contributed by atoms with Gasteiger partial charge in [-0.3, -0.25) is 0 Å². The first-order chi connectivity index (χ1) is 8.08. The largest absolute Gasteiger partial charge is 0.330 e. The average Bonchev–Trinajstić information content (AvgIpc) is 2.34. The summed E-state index contributed by atoms with van der Waals surface area (Å²) in [7, 11) is 2.30. The molecule has 0 aliphatic heterocycles. The van der Waals surface area contributed by atoms with Crippen molar-refractivity contribution in [3.63, 3.8) is 0 Å². The highest BCUT2D eigenvalue weighted by molar-refractivity contribution is 4.86. The summed E-state index contributed by atoms with van der Waals surface area (Å²) in [5, 5.41) is 0. The molecule has 0 bridgehead atoms. The monoisotopic (exact) mass is 240 g/mol. The Kier molecular flexibility index (Phi) is 6.50. The summed E-state index contributed by atoms with van der Waals surface area (Å²) in [4.78, 5) is 2.58. The predicted octanol–water partition coefficient (Wildman–Crippen LogP) is 3.12. The molecule has 1 fully saturated rings. The Morgan fingerprint density at radius 2 is 2.00 bits per heavy atom. The summed E-state index contributed by atoms with van der Waals surface area (Å²) in [6.07, 6.45) is 6.75. The van der Waals surface area contributed by atoms with E-state index in [1.807, 2.05) is 0 Å². The van der Waals surface area contributed by atoms with Gasteiger partial charge in [-0.25, -0.2) is 0 Å². The summed E-state index contributed by atoms with van der Waals surface area (Å²) in [6.45, 7) is 9.05.